The number of likely N-dealkylation sites (tertiary alicyclic amines) is 1. The molecule has 3 heterocycles. The van der Waals surface area contributed by atoms with Crippen LogP contribution in [-0.4, -0.2) is 85.4 Å². The highest BCUT2D eigenvalue weighted by atomic mass is 16.5. The number of urea groups is 1. The fraction of sp³-hybridized carbons (Fsp3) is 0.400. The number of carbonyl (C=O) groups excluding carboxylic acids is 1. The van der Waals surface area contributed by atoms with Gasteiger partial charge in [-0.2, -0.15) is 5.26 Å². The second-order valence-electron chi connectivity index (χ2n) is 10.1. The molecule has 2 fully saturated rings. The van der Waals surface area contributed by atoms with Crippen LogP contribution in [0.5, 0.6) is 5.75 Å². The van der Waals surface area contributed by atoms with Crippen molar-refractivity contribution >= 4 is 11.7 Å². The van der Waals surface area contributed by atoms with Crippen molar-refractivity contribution in [2.24, 2.45) is 0 Å². The van der Waals surface area contributed by atoms with Crippen molar-refractivity contribution in [2.45, 2.75) is 25.4 Å². The minimum atomic E-state index is -0.0329. The molecule has 3 aromatic rings. The Bertz CT molecular complexity index is 1320. The van der Waals surface area contributed by atoms with Crippen LogP contribution in [0, 0.1) is 11.3 Å². The molecule has 39 heavy (non-hydrogen) atoms. The predicted octanol–water partition coefficient (Wildman–Crippen LogP) is 3.97. The van der Waals surface area contributed by atoms with Gasteiger partial charge in [0.2, 0.25) is 0 Å². The van der Waals surface area contributed by atoms with Gasteiger partial charge in [0.15, 0.2) is 0 Å². The molecule has 0 atom stereocenters. The third-order valence-electron chi connectivity index (χ3n) is 7.16. The second-order valence-corrected chi connectivity index (χ2v) is 10.1. The van der Waals surface area contributed by atoms with E-state index >= 15 is 0 Å². The molecule has 0 unspecified atom stereocenters. The summed E-state index contributed by atoms with van der Waals surface area (Å²) in [6, 6.07) is 18.3. The molecule has 9 heteroatoms. The summed E-state index contributed by atoms with van der Waals surface area (Å²) in [5, 5.41) is 9.83. The normalized spacial score (nSPS) is 16.0. The number of anilines is 1. The number of benzene rings is 2. The van der Waals surface area contributed by atoms with Crippen molar-refractivity contribution < 1.29 is 14.3 Å². The van der Waals surface area contributed by atoms with Crippen LogP contribution >= 0.6 is 0 Å². The smallest absolute Gasteiger partial charge is 0.319 e. The zero-order valence-electron chi connectivity index (χ0n) is 22.5. The zero-order valence-corrected chi connectivity index (χ0v) is 22.5. The quantitative estimate of drug-likeness (QED) is 0.480. The maximum absolute atomic E-state index is 12.2. The van der Waals surface area contributed by atoms with Crippen molar-refractivity contribution in [1.82, 2.24) is 19.8 Å². The van der Waals surface area contributed by atoms with Crippen LogP contribution in [0.1, 0.15) is 29.8 Å². The molecule has 0 spiro atoms. The molecule has 2 aromatic carbocycles. The van der Waals surface area contributed by atoms with Crippen molar-refractivity contribution in [2.75, 3.05) is 58.4 Å². The fourth-order valence-electron chi connectivity index (χ4n) is 4.98. The SMILES string of the molecule is CN(C)C(=O)N1CCC(Oc2ccc(-c3ccnc(Cc4ccc(N5CCOCC5)cc4)n3)cc2C#N)CC1. The van der Waals surface area contributed by atoms with Gasteiger partial charge in [0.05, 0.1) is 24.5 Å². The van der Waals surface area contributed by atoms with E-state index in [4.69, 9.17) is 14.5 Å². The average Bonchev–Trinajstić information content (AvgIpc) is 2.98. The van der Waals surface area contributed by atoms with Crippen LogP contribution in [0.2, 0.25) is 0 Å². The van der Waals surface area contributed by atoms with Gasteiger partial charge in [-0.1, -0.05) is 12.1 Å². The van der Waals surface area contributed by atoms with Gasteiger partial charge in [0, 0.05) is 77.0 Å². The average molecular weight is 527 g/mol. The van der Waals surface area contributed by atoms with Gasteiger partial charge in [-0.3, -0.25) is 0 Å². The minimum absolute atomic E-state index is 0.0183. The summed E-state index contributed by atoms with van der Waals surface area (Å²) in [7, 11) is 3.52. The number of nitriles is 1. The first-order valence-electron chi connectivity index (χ1n) is 13.4. The van der Waals surface area contributed by atoms with E-state index in [1.54, 1.807) is 25.2 Å². The minimum Gasteiger partial charge on any atom is -0.489 e. The first-order valence-corrected chi connectivity index (χ1v) is 13.4. The van der Waals surface area contributed by atoms with Gasteiger partial charge in [-0.25, -0.2) is 14.8 Å². The fourth-order valence-corrected chi connectivity index (χ4v) is 4.98. The molecule has 2 saturated heterocycles. The van der Waals surface area contributed by atoms with Crippen molar-refractivity contribution in [1.29, 1.82) is 5.26 Å². The maximum atomic E-state index is 12.2. The molecule has 0 N–H and O–H groups in total. The number of ether oxygens (including phenoxy) is 2. The third kappa shape index (κ3) is 6.47. The molecule has 2 aliphatic rings. The molecule has 0 radical (unpaired) electrons. The number of hydrogen-bond donors (Lipinski definition) is 0. The van der Waals surface area contributed by atoms with Gasteiger partial charge in [0.1, 0.15) is 23.7 Å². The van der Waals surface area contributed by atoms with Crippen LogP contribution < -0.4 is 9.64 Å². The van der Waals surface area contributed by atoms with Crippen LogP contribution in [0.15, 0.2) is 54.7 Å². The summed E-state index contributed by atoms with van der Waals surface area (Å²) >= 11 is 0. The first-order chi connectivity index (χ1) is 19.0. The highest BCUT2D eigenvalue weighted by Crippen LogP contribution is 2.28. The zero-order chi connectivity index (χ0) is 27.2. The number of piperidine rings is 1. The van der Waals surface area contributed by atoms with Crippen molar-refractivity contribution in [3.8, 4) is 23.1 Å². The number of rotatable bonds is 6. The van der Waals surface area contributed by atoms with Crippen molar-refractivity contribution in [3.63, 3.8) is 0 Å². The largest absolute Gasteiger partial charge is 0.489 e. The highest BCUT2D eigenvalue weighted by Gasteiger charge is 2.25. The molecule has 0 bridgehead atoms. The van der Waals surface area contributed by atoms with E-state index in [9.17, 15) is 10.1 Å². The van der Waals surface area contributed by atoms with Crippen LogP contribution in [0.3, 0.4) is 0 Å². The van der Waals surface area contributed by atoms with Gasteiger partial charge < -0.3 is 24.2 Å². The van der Waals surface area contributed by atoms with E-state index in [0.717, 1.165) is 61.8 Å². The van der Waals surface area contributed by atoms with Crippen LogP contribution in [0.25, 0.3) is 11.3 Å². The summed E-state index contributed by atoms with van der Waals surface area (Å²) in [6.45, 7) is 4.64. The van der Waals surface area contributed by atoms with Crippen LogP contribution in [-0.2, 0) is 11.2 Å². The lowest BCUT2D eigenvalue weighted by Crippen LogP contribution is -2.46. The van der Waals surface area contributed by atoms with E-state index < -0.39 is 0 Å². The highest BCUT2D eigenvalue weighted by molar-refractivity contribution is 5.73. The topological polar surface area (TPSA) is 94.8 Å². The molecular weight excluding hydrogens is 492 g/mol. The molecule has 2 aliphatic heterocycles. The molecular formula is C30H34N6O3. The lowest BCUT2D eigenvalue weighted by atomic mass is 10.1. The van der Waals surface area contributed by atoms with Gasteiger partial charge in [-0.05, 0) is 42.0 Å². The lowest BCUT2D eigenvalue weighted by molar-refractivity contribution is 0.101. The van der Waals surface area contributed by atoms with Gasteiger partial charge in [0.25, 0.3) is 0 Å². The van der Waals surface area contributed by atoms with Crippen LogP contribution in [0.4, 0.5) is 10.5 Å². The molecule has 5 rings (SSSR count). The number of hydrogen-bond acceptors (Lipinski definition) is 7. The Morgan fingerprint density at radius 3 is 2.51 bits per heavy atom. The number of amides is 2. The molecule has 1 aromatic heterocycles. The molecule has 0 aliphatic carbocycles. The Morgan fingerprint density at radius 1 is 1.08 bits per heavy atom. The molecule has 202 valence electrons. The number of carbonyl (C=O) groups is 1. The van der Waals surface area contributed by atoms with E-state index in [1.165, 1.54) is 5.69 Å². The monoisotopic (exact) mass is 526 g/mol. The van der Waals surface area contributed by atoms with E-state index in [0.29, 0.717) is 30.8 Å². The van der Waals surface area contributed by atoms with E-state index in [-0.39, 0.29) is 12.1 Å². The standard InChI is InChI=1S/C30H34N6O3/c1-34(2)30(37)36-13-10-26(11-14-36)39-28-8-5-23(20-24(28)21-31)27-9-12-32-29(33-27)19-22-3-6-25(7-4-22)35-15-17-38-18-16-35/h3-9,12,20,26H,10-11,13-19H2,1-2H3. The Labute approximate surface area is 229 Å². The summed E-state index contributed by atoms with van der Waals surface area (Å²) < 4.78 is 11.6. The van der Waals surface area contributed by atoms with Gasteiger partial charge >= 0.3 is 6.03 Å². The Balaban J connectivity index is 1.23. The number of nitrogens with zero attached hydrogens (tertiary/aromatic N) is 6. The summed E-state index contributed by atoms with van der Waals surface area (Å²) in [6.07, 6.45) is 3.82. The summed E-state index contributed by atoms with van der Waals surface area (Å²) in [5.74, 6) is 1.29. The van der Waals surface area contributed by atoms with E-state index in [1.807, 2.05) is 29.2 Å². The lowest BCUT2D eigenvalue weighted by Gasteiger charge is -2.33. The number of aromatic nitrogens is 2. The summed E-state index contributed by atoms with van der Waals surface area (Å²) in [4.78, 5) is 27.2. The maximum Gasteiger partial charge on any atom is 0.319 e. The molecule has 9 nitrogen and oxygen atoms in total. The first kappa shape index (κ1) is 26.4. The van der Waals surface area contributed by atoms with Crippen molar-refractivity contribution in [3.05, 3.63) is 71.7 Å². The third-order valence-corrected chi connectivity index (χ3v) is 7.16. The second kappa shape index (κ2) is 12.1. The Morgan fingerprint density at radius 2 is 1.82 bits per heavy atom. The predicted molar refractivity (Wildman–Crippen MR) is 149 cm³/mol. The molecule has 0 saturated carbocycles. The van der Waals surface area contributed by atoms with E-state index in [2.05, 4.69) is 40.2 Å². The molecule has 2 amide bonds. The summed E-state index contributed by atoms with van der Waals surface area (Å²) in [5.41, 5.74) is 4.43. The van der Waals surface area contributed by atoms with Gasteiger partial charge in [-0.15, -0.1) is 0 Å². The Hall–Kier alpha value is -4.16. The Kier molecular flexibility index (Phi) is 8.23. The number of morpholine rings is 1.